The van der Waals surface area contributed by atoms with Crippen LogP contribution in [0.4, 0.5) is 0 Å². The lowest BCUT2D eigenvalue weighted by Crippen LogP contribution is -2.09. The predicted molar refractivity (Wildman–Crippen MR) is 93.7 cm³/mol. The molecule has 0 aliphatic rings. The largest absolute Gasteiger partial charge is 0.349 e. The molecule has 132 valence electrons. The fraction of sp³-hybridized carbons (Fsp3) is 0.263. The first-order valence-electron chi connectivity index (χ1n) is 8.29. The van der Waals surface area contributed by atoms with Crippen molar-refractivity contribution in [3.63, 3.8) is 0 Å². The Morgan fingerprint density at radius 2 is 1.96 bits per heavy atom. The van der Waals surface area contributed by atoms with Crippen molar-refractivity contribution in [3.05, 3.63) is 53.7 Å². The molecule has 0 aliphatic carbocycles. The summed E-state index contributed by atoms with van der Waals surface area (Å²) in [7, 11) is 0. The van der Waals surface area contributed by atoms with E-state index in [1.807, 2.05) is 32.0 Å². The van der Waals surface area contributed by atoms with Crippen LogP contribution in [0.15, 0.2) is 47.1 Å². The predicted octanol–water partition coefficient (Wildman–Crippen LogP) is 3.74. The lowest BCUT2D eigenvalue weighted by atomic mass is 10.1. The normalized spacial score (nSPS) is 10.8. The van der Waals surface area contributed by atoms with Crippen molar-refractivity contribution in [2.24, 2.45) is 0 Å². The maximum atomic E-state index is 9.35. The number of nitriles is 1. The number of hydrogen-bond acceptors (Lipinski definition) is 7. The molecule has 0 amide bonds. The van der Waals surface area contributed by atoms with Crippen molar-refractivity contribution in [2.75, 3.05) is 13.2 Å². The molecule has 0 saturated carbocycles. The fourth-order valence-electron chi connectivity index (χ4n) is 2.46. The molecule has 3 rings (SSSR count). The van der Waals surface area contributed by atoms with Gasteiger partial charge in [-0.3, -0.25) is 4.98 Å². The van der Waals surface area contributed by atoms with Gasteiger partial charge in [-0.1, -0.05) is 11.2 Å². The van der Waals surface area contributed by atoms with Gasteiger partial charge >= 0.3 is 0 Å². The fourth-order valence-corrected chi connectivity index (χ4v) is 2.46. The van der Waals surface area contributed by atoms with Gasteiger partial charge in [-0.2, -0.15) is 10.2 Å². The Morgan fingerprint density at radius 3 is 2.62 bits per heavy atom. The third kappa shape index (κ3) is 3.94. The van der Waals surface area contributed by atoms with Gasteiger partial charge in [0.2, 0.25) is 5.82 Å². The van der Waals surface area contributed by atoms with Crippen molar-refractivity contribution >= 4 is 0 Å². The van der Waals surface area contributed by atoms with Gasteiger partial charge in [0, 0.05) is 30.5 Å². The highest BCUT2D eigenvalue weighted by Crippen LogP contribution is 2.28. The zero-order valence-electron chi connectivity index (χ0n) is 14.5. The monoisotopic (exact) mass is 350 g/mol. The lowest BCUT2D eigenvalue weighted by molar-refractivity contribution is -0.140. The molecule has 0 atom stereocenters. The second-order valence-corrected chi connectivity index (χ2v) is 5.34. The van der Waals surface area contributed by atoms with E-state index >= 15 is 0 Å². The van der Waals surface area contributed by atoms with Crippen molar-refractivity contribution in [1.82, 2.24) is 15.1 Å². The Kier molecular flexibility index (Phi) is 5.69. The molecule has 0 fully saturated rings. The second kappa shape index (κ2) is 8.34. The number of benzene rings is 1. The molecule has 0 aliphatic heterocycles. The second-order valence-electron chi connectivity index (χ2n) is 5.34. The summed E-state index contributed by atoms with van der Waals surface area (Å²) < 4.78 is 16.6. The third-order valence-electron chi connectivity index (χ3n) is 3.56. The zero-order chi connectivity index (χ0) is 18.4. The summed E-state index contributed by atoms with van der Waals surface area (Å²) in [5.41, 5.74) is 2.42. The summed E-state index contributed by atoms with van der Waals surface area (Å²) in [5.74, 6) is 0.687. The van der Waals surface area contributed by atoms with E-state index in [4.69, 9.17) is 14.0 Å². The van der Waals surface area contributed by atoms with Gasteiger partial charge in [-0.15, -0.1) is 0 Å². The average Bonchev–Trinajstić information content (AvgIpc) is 3.18. The summed E-state index contributed by atoms with van der Waals surface area (Å²) in [4.78, 5) is 8.59. The van der Waals surface area contributed by atoms with Crippen LogP contribution < -0.4 is 0 Å². The molecule has 0 N–H and O–H groups in total. The molecule has 7 heteroatoms. The van der Waals surface area contributed by atoms with E-state index in [1.165, 1.54) is 0 Å². The number of rotatable bonds is 7. The minimum Gasteiger partial charge on any atom is -0.349 e. The van der Waals surface area contributed by atoms with E-state index in [9.17, 15) is 5.26 Å². The van der Waals surface area contributed by atoms with Gasteiger partial charge in [0.15, 0.2) is 6.29 Å². The van der Waals surface area contributed by atoms with E-state index in [1.54, 1.807) is 24.4 Å². The molecule has 3 aromatic rings. The van der Waals surface area contributed by atoms with Crippen LogP contribution in [0.25, 0.3) is 23.0 Å². The summed E-state index contributed by atoms with van der Waals surface area (Å²) >= 11 is 0. The number of nitrogens with zero attached hydrogens (tertiary/aromatic N) is 4. The molecule has 0 radical (unpaired) electrons. The van der Waals surface area contributed by atoms with Crippen LogP contribution in [0.5, 0.6) is 0 Å². The molecular weight excluding hydrogens is 332 g/mol. The SMILES string of the molecule is CCOC(OCC)c1cc(C#N)cc(-c2nc(-c3ccccn3)no2)c1. The molecule has 0 unspecified atom stereocenters. The Bertz CT molecular complexity index is 897. The van der Waals surface area contributed by atoms with Crippen LogP contribution in [0, 0.1) is 11.3 Å². The zero-order valence-corrected chi connectivity index (χ0v) is 14.5. The quantitative estimate of drug-likeness (QED) is 0.599. The maximum Gasteiger partial charge on any atom is 0.258 e. The third-order valence-corrected chi connectivity index (χ3v) is 3.56. The van der Waals surface area contributed by atoms with Gasteiger partial charge in [-0.25, -0.2) is 0 Å². The Labute approximate surface area is 151 Å². The topological polar surface area (TPSA) is 94.1 Å². The summed E-state index contributed by atoms with van der Waals surface area (Å²) in [6.45, 7) is 4.75. The summed E-state index contributed by atoms with van der Waals surface area (Å²) in [6, 6.07) is 12.8. The van der Waals surface area contributed by atoms with Crippen LogP contribution in [0.1, 0.15) is 31.3 Å². The molecule has 26 heavy (non-hydrogen) atoms. The molecule has 2 heterocycles. The highest BCUT2D eigenvalue weighted by atomic mass is 16.7. The van der Waals surface area contributed by atoms with Crippen LogP contribution in [0.2, 0.25) is 0 Å². The minimum absolute atomic E-state index is 0.302. The van der Waals surface area contributed by atoms with Crippen LogP contribution in [-0.2, 0) is 9.47 Å². The molecular formula is C19H18N4O3. The van der Waals surface area contributed by atoms with Crippen molar-refractivity contribution in [1.29, 1.82) is 5.26 Å². The Hall–Kier alpha value is -3.08. The van der Waals surface area contributed by atoms with Crippen LogP contribution in [0.3, 0.4) is 0 Å². The first-order valence-corrected chi connectivity index (χ1v) is 8.29. The molecule has 0 spiro atoms. The van der Waals surface area contributed by atoms with E-state index in [0.29, 0.717) is 41.7 Å². The number of aromatic nitrogens is 3. The number of ether oxygens (including phenoxy) is 2. The molecule has 1 aromatic carbocycles. The minimum atomic E-state index is -0.560. The number of hydrogen-bond donors (Lipinski definition) is 0. The molecule has 0 saturated heterocycles. The lowest BCUT2D eigenvalue weighted by Gasteiger charge is -2.17. The first kappa shape index (κ1) is 17.7. The van der Waals surface area contributed by atoms with Crippen LogP contribution in [-0.4, -0.2) is 28.3 Å². The van der Waals surface area contributed by atoms with Gasteiger partial charge < -0.3 is 14.0 Å². The van der Waals surface area contributed by atoms with Gasteiger partial charge in [0.05, 0.1) is 11.6 Å². The van der Waals surface area contributed by atoms with E-state index in [0.717, 1.165) is 5.56 Å². The average molecular weight is 350 g/mol. The Morgan fingerprint density at radius 1 is 1.15 bits per heavy atom. The van der Waals surface area contributed by atoms with Crippen molar-refractivity contribution in [3.8, 4) is 29.0 Å². The first-order chi connectivity index (χ1) is 12.7. The van der Waals surface area contributed by atoms with Crippen molar-refractivity contribution in [2.45, 2.75) is 20.1 Å². The highest BCUT2D eigenvalue weighted by molar-refractivity contribution is 5.60. The van der Waals surface area contributed by atoms with Crippen molar-refractivity contribution < 1.29 is 14.0 Å². The van der Waals surface area contributed by atoms with Gasteiger partial charge in [0.25, 0.3) is 5.89 Å². The van der Waals surface area contributed by atoms with Gasteiger partial charge in [-0.05, 0) is 44.2 Å². The van der Waals surface area contributed by atoms with E-state index in [2.05, 4.69) is 21.2 Å². The molecule has 2 aromatic heterocycles. The smallest absolute Gasteiger partial charge is 0.258 e. The number of pyridine rings is 1. The molecule has 7 nitrogen and oxygen atoms in total. The van der Waals surface area contributed by atoms with E-state index in [-0.39, 0.29) is 0 Å². The van der Waals surface area contributed by atoms with Gasteiger partial charge in [0.1, 0.15) is 5.69 Å². The Balaban J connectivity index is 1.99. The maximum absolute atomic E-state index is 9.35. The van der Waals surface area contributed by atoms with Crippen LogP contribution >= 0.6 is 0 Å². The summed E-state index contributed by atoms with van der Waals surface area (Å²) in [6.07, 6.45) is 1.10. The highest BCUT2D eigenvalue weighted by Gasteiger charge is 2.17. The summed E-state index contributed by atoms with van der Waals surface area (Å²) in [5, 5.41) is 13.3. The standard InChI is InChI=1S/C19H18N4O3/c1-3-24-19(25-4-2)15-10-13(12-20)9-14(11-15)18-22-17(23-26-18)16-7-5-6-8-21-16/h5-11,19H,3-4H2,1-2H3. The van der Waals surface area contributed by atoms with E-state index < -0.39 is 6.29 Å². The molecule has 0 bridgehead atoms.